The SMILES string of the molecule is O=C(CCCc1ccccc1)N=C1S[C@H]2CS(=O)(=O)C[C@H]2N1c1ccccc1. The highest BCUT2D eigenvalue weighted by molar-refractivity contribution is 8.16. The van der Waals surface area contributed by atoms with Gasteiger partial charge in [-0.2, -0.15) is 4.99 Å². The van der Waals surface area contributed by atoms with Crippen molar-refractivity contribution in [2.24, 2.45) is 4.99 Å². The highest BCUT2D eigenvalue weighted by Crippen LogP contribution is 2.40. The van der Waals surface area contributed by atoms with Gasteiger partial charge in [0, 0.05) is 17.4 Å². The fourth-order valence-corrected chi connectivity index (χ4v) is 7.64. The summed E-state index contributed by atoms with van der Waals surface area (Å²) in [5.74, 6) is 0.107. The minimum Gasteiger partial charge on any atom is -0.316 e. The lowest BCUT2D eigenvalue weighted by Crippen LogP contribution is -2.37. The Hall–Kier alpha value is -2.12. The summed E-state index contributed by atoms with van der Waals surface area (Å²) in [7, 11) is -3.05. The number of hydrogen-bond donors (Lipinski definition) is 0. The standard InChI is InChI=1S/C21H22N2O3S2/c24-20(13-7-10-16-8-3-1-4-9-16)22-21-23(17-11-5-2-6-12-17)18-14-28(25,26)15-19(18)27-21/h1-6,8-9,11-12,18-19H,7,10,13-15H2/t18-,19+/m1/s1. The Morgan fingerprint density at radius 1 is 1.04 bits per heavy atom. The number of rotatable bonds is 5. The molecular weight excluding hydrogens is 392 g/mol. The number of anilines is 1. The maximum atomic E-state index is 12.5. The van der Waals surface area contributed by atoms with Gasteiger partial charge in [-0.3, -0.25) is 4.79 Å². The van der Waals surface area contributed by atoms with E-state index in [4.69, 9.17) is 0 Å². The Labute approximate surface area is 169 Å². The molecule has 2 aliphatic heterocycles. The normalized spacial score (nSPS) is 24.4. The molecule has 7 heteroatoms. The Morgan fingerprint density at radius 3 is 2.43 bits per heavy atom. The molecule has 0 aromatic heterocycles. The topological polar surface area (TPSA) is 66.8 Å². The smallest absolute Gasteiger partial charge is 0.248 e. The van der Waals surface area contributed by atoms with Crippen molar-refractivity contribution in [3.05, 3.63) is 66.2 Å². The second kappa shape index (κ2) is 8.09. The third kappa shape index (κ3) is 4.31. The van der Waals surface area contributed by atoms with Crippen molar-refractivity contribution < 1.29 is 13.2 Å². The summed E-state index contributed by atoms with van der Waals surface area (Å²) in [6.45, 7) is 0. The summed E-state index contributed by atoms with van der Waals surface area (Å²) in [6.07, 6.45) is 1.97. The van der Waals surface area contributed by atoms with E-state index in [2.05, 4.69) is 17.1 Å². The van der Waals surface area contributed by atoms with Gasteiger partial charge in [-0.05, 0) is 30.5 Å². The lowest BCUT2D eigenvalue weighted by Gasteiger charge is -2.24. The van der Waals surface area contributed by atoms with Crippen molar-refractivity contribution in [1.82, 2.24) is 0 Å². The maximum Gasteiger partial charge on any atom is 0.248 e. The number of sulfone groups is 1. The molecule has 0 radical (unpaired) electrons. The molecule has 0 aliphatic carbocycles. The number of amides is 1. The minimum absolute atomic E-state index is 0.0684. The maximum absolute atomic E-state index is 12.5. The van der Waals surface area contributed by atoms with E-state index < -0.39 is 9.84 Å². The van der Waals surface area contributed by atoms with Crippen molar-refractivity contribution in [1.29, 1.82) is 0 Å². The summed E-state index contributed by atoms with van der Waals surface area (Å²) < 4.78 is 24.2. The van der Waals surface area contributed by atoms with Gasteiger partial charge < -0.3 is 4.90 Å². The van der Waals surface area contributed by atoms with Crippen LogP contribution in [0.2, 0.25) is 0 Å². The van der Waals surface area contributed by atoms with Gasteiger partial charge in [0.25, 0.3) is 0 Å². The molecule has 2 aromatic rings. The fraction of sp³-hybridized carbons (Fsp3) is 0.333. The van der Waals surface area contributed by atoms with Crippen LogP contribution >= 0.6 is 11.8 Å². The lowest BCUT2D eigenvalue weighted by molar-refractivity contribution is -0.117. The molecule has 0 unspecified atom stereocenters. The minimum atomic E-state index is -3.05. The van der Waals surface area contributed by atoms with E-state index >= 15 is 0 Å². The van der Waals surface area contributed by atoms with E-state index in [0.717, 1.165) is 18.5 Å². The molecule has 0 saturated carbocycles. The van der Waals surface area contributed by atoms with Crippen molar-refractivity contribution >= 4 is 38.4 Å². The quantitative estimate of drug-likeness (QED) is 0.751. The van der Waals surface area contributed by atoms with Crippen LogP contribution in [0.3, 0.4) is 0 Å². The second-order valence-electron chi connectivity index (χ2n) is 7.13. The highest BCUT2D eigenvalue weighted by Gasteiger charge is 2.49. The summed E-state index contributed by atoms with van der Waals surface area (Å²) in [6, 6.07) is 19.5. The molecule has 5 nitrogen and oxygen atoms in total. The van der Waals surface area contributed by atoms with Crippen LogP contribution in [0, 0.1) is 0 Å². The first-order valence-corrected chi connectivity index (χ1v) is 12.1. The van der Waals surface area contributed by atoms with Crippen LogP contribution in [0.4, 0.5) is 5.69 Å². The van der Waals surface area contributed by atoms with E-state index in [1.165, 1.54) is 17.3 Å². The van der Waals surface area contributed by atoms with Crippen LogP contribution < -0.4 is 4.90 Å². The number of aryl methyl sites for hydroxylation is 1. The van der Waals surface area contributed by atoms with E-state index in [1.807, 2.05) is 53.4 Å². The molecule has 2 heterocycles. The summed E-state index contributed by atoms with van der Waals surface area (Å²) in [4.78, 5) is 18.8. The first-order valence-electron chi connectivity index (χ1n) is 9.39. The Kier molecular flexibility index (Phi) is 5.55. The molecule has 2 saturated heterocycles. The van der Waals surface area contributed by atoms with E-state index in [0.29, 0.717) is 11.6 Å². The molecule has 1 amide bonds. The summed E-state index contributed by atoms with van der Waals surface area (Å²) in [5, 5.41) is 0.557. The number of hydrogen-bond acceptors (Lipinski definition) is 4. The zero-order chi connectivity index (χ0) is 19.6. The molecule has 0 bridgehead atoms. The molecule has 4 rings (SSSR count). The fourth-order valence-electron chi connectivity index (χ4n) is 3.71. The number of thioether (sulfide) groups is 1. The summed E-state index contributed by atoms with van der Waals surface area (Å²) in [5.41, 5.74) is 2.10. The number of para-hydroxylation sites is 1. The second-order valence-corrected chi connectivity index (χ2v) is 10.5. The van der Waals surface area contributed by atoms with Crippen LogP contribution in [-0.2, 0) is 21.1 Å². The molecule has 2 atom stereocenters. The van der Waals surface area contributed by atoms with Crippen molar-refractivity contribution in [2.75, 3.05) is 16.4 Å². The number of carbonyl (C=O) groups is 1. The average Bonchev–Trinajstić information content (AvgIpc) is 3.14. The van der Waals surface area contributed by atoms with E-state index in [9.17, 15) is 13.2 Å². The van der Waals surface area contributed by atoms with Crippen molar-refractivity contribution in [3.63, 3.8) is 0 Å². The van der Waals surface area contributed by atoms with Gasteiger partial charge in [0.05, 0.1) is 17.5 Å². The van der Waals surface area contributed by atoms with Crippen LogP contribution in [0.1, 0.15) is 18.4 Å². The van der Waals surface area contributed by atoms with Crippen LogP contribution in [0.15, 0.2) is 65.7 Å². The van der Waals surface area contributed by atoms with E-state index in [-0.39, 0.29) is 28.7 Å². The summed E-state index contributed by atoms with van der Waals surface area (Å²) >= 11 is 1.42. The molecule has 0 N–H and O–H groups in total. The zero-order valence-electron chi connectivity index (χ0n) is 15.4. The van der Waals surface area contributed by atoms with Crippen molar-refractivity contribution in [2.45, 2.75) is 30.6 Å². The molecular formula is C21H22N2O3S2. The number of aliphatic imine (C=N–C) groups is 1. The Balaban J connectivity index is 1.48. The van der Waals surface area contributed by atoms with Gasteiger partial charge in [-0.15, -0.1) is 0 Å². The number of amidine groups is 1. The van der Waals surface area contributed by atoms with Gasteiger partial charge in [-0.25, -0.2) is 8.42 Å². The third-order valence-electron chi connectivity index (χ3n) is 5.02. The highest BCUT2D eigenvalue weighted by atomic mass is 32.2. The molecule has 2 aromatic carbocycles. The Morgan fingerprint density at radius 2 is 1.71 bits per heavy atom. The zero-order valence-corrected chi connectivity index (χ0v) is 17.0. The van der Waals surface area contributed by atoms with Gasteiger partial charge in [0.1, 0.15) is 0 Å². The van der Waals surface area contributed by atoms with E-state index in [1.54, 1.807) is 0 Å². The molecule has 28 heavy (non-hydrogen) atoms. The number of fused-ring (bicyclic) bond motifs is 1. The molecule has 0 spiro atoms. The largest absolute Gasteiger partial charge is 0.316 e. The Bertz CT molecular complexity index is 975. The monoisotopic (exact) mass is 414 g/mol. The molecule has 146 valence electrons. The van der Waals surface area contributed by atoms with Gasteiger partial charge >= 0.3 is 0 Å². The van der Waals surface area contributed by atoms with Gasteiger partial charge in [0.2, 0.25) is 5.91 Å². The lowest BCUT2D eigenvalue weighted by atomic mass is 10.1. The third-order valence-corrected chi connectivity index (χ3v) is 8.23. The number of carbonyl (C=O) groups excluding carboxylic acids is 1. The molecule has 2 fully saturated rings. The van der Waals surface area contributed by atoms with Gasteiger partial charge in [-0.1, -0.05) is 60.3 Å². The number of nitrogens with zero attached hydrogens (tertiary/aromatic N) is 2. The predicted octanol–water partition coefficient (Wildman–Crippen LogP) is 3.31. The van der Waals surface area contributed by atoms with Crippen LogP contribution in [-0.4, -0.2) is 42.3 Å². The van der Waals surface area contributed by atoms with Gasteiger partial charge in [0.15, 0.2) is 15.0 Å². The number of benzene rings is 2. The van der Waals surface area contributed by atoms with Crippen LogP contribution in [0.25, 0.3) is 0 Å². The van der Waals surface area contributed by atoms with Crippen molar-refractivity contribution in [3.8, 4) is 0 Å². The predicted molar refractivity (Wildman–Crippen MR) is 115 cm³/mol. The van der Waals surface area contributed by atoms with Crippen LogP contribution in [0.5, 0.6) is 0 Å². The first kappa shape index (κ1) is 19.2. The first-order chi connectivity index (χ1) is 13.5. The molecule has 2 aliphatic rings. The average molecular weight is 415 g/mol.